The van der Waals surface area contributed by atoms with Gasteiger partial charge in [-0.25, -0.2) is 0 Å². The molecule has 0 bridgehead atoms. The normalized spacial score (nSPS) is 16.0. The van der Waals surface area contributed by atoms with Crippen molar-refractivity contribution in [3.63, 3.8) is 0 Å². The topological polar surface area (TPSA) is 105 Å². The smallest absolute Gasteiger partial charge is 0.309 e. The Bertz CT molecular complexity index is 1180. The molecule has 2 amide bonds. The molecule has 1 aliphatic carbocycles. The first-order valence-corrected chi connectivity index (χ1v) is 16.6. The van der Waals surface area contributed by atoms with Gasteiger partial charge >= 0.3 is 5.97 Å². The fraction of sp³-hybridized carbons (Fsp3) is 0.500. The Morgan fingerprint density at radius 1 is 0.844 bits per heavy atom. The number of rotatable bonds is 20. The molecule has 1 saturated carbocycles. The van der Waals surface area contributed by atoms with Crippen LogP contribution < -0.4 is 10.6 Å². The average Bonchev–Trinajstić information content (AvgIpc) is 3.06. The lowest BCUT2D eigenvalue weighted by atomic mass is 9.84. The van der Waals surface area contributed by atoms with E-state index in [1.165, 1.54) is 19.3 Å². The lowest BCUT2D eigenvalue weighted by Crippen LogP contribution is -2.45. The maximum Gasteiger partial charge on any atom is 0.309 e. The number of benzene rings is 2. The fourth-order valence-electron chi connectivity index (χ4n) is 6.19. The van der Waals surface area contributed by atoms with Crippen LogP contribution in [-0.4, -0.2) is 48.2 Å². The molecule has 3 rings (SSSR count). The fourth-order valence-corrected chi connectivity index (χ4v) is 6.19. The van der Waals surface area contributed by atoms with E-state index >= 15 is 0 Å². The summed E-state index contributed by atoms with van der Waals surface area (Å²) in [6.45, 7) is 7.51. The number of hydrogen-bond acceptors (Lipinski definition) is 5. The molecule has 3 N–H and O–H groups in total. The third kappa shape index (κ3) is 13.4. The van der Waals surface area contributed by atoms with Gasteiger partial charge in [-0.15, -0.1) is 13.2 Å². The first-order valence-electron chi connectivity index (χ1n) is 16.6. The van der Waals surface area contributed by atoms with Crippen molar-refractivity contribution in [2.24, 2.45) is 17.8 Å². The summed E-state index contributed by atoms with van der Waals surface area (Å²) in [5.41, 5.74) is 2.08. The third-order valence-electron chi connectivity index (χ3n) is 8.66. The van der Waals surface area contributed by atoms with Gasteiger partial charge < -0.3 is 20.5 Å². The number of nitrogens with one attached hydrogen (secondary N) is 2. The number of hydrogen-bond donors (Lipinski definition) is 3. The minimum atomic E-state index is -0.624. The summed E-state index contributed by atoms with van der Waals surface area (Å²) in [4.78, 5) is 39.9. The zero-order chi connectivity index (χ0) is 32.3. The molecule has 0 spiro atoms. The number of aliphatic hydroxyl groups is 1. The van der Waals surface area contributed by atoms with Crippen LogP contribution in [0.3, 0.4) is 0 Å². The van der Waals surface area contributed by atoms with Crippen LogP contribution in [0, 0.1) is 17.8 Å². The average molecular weight is 617 g/mol. The van der Waals surface area contributed by atoms with Crippen molar-refractivity contribution in [1.29, 1.82) is 0 Å². The van der Waals surface area contributed by atoms with E-state index in [0.29, 0.717) is 38.0 Å². The number of carbonyl (C=O) groups is 3. The van der Waals surface area contributed by atoms with Gasteiger partial charge in [-0.05, 0) is 55.6 Å². The first-order chi connectivity index (χ1) is 21.9. The molecule has 1 aliphatic rings. The van der Waals surface area contributed by atoms with Crippen LogP contribution in [0.15, 0.2) is 86.0 Å². The Labute approximate surface area is 269 Å². The highest BCUT2D eigenvalue weighted by Crippen LogP contribution is 2.28. The lowest BCUT2D eigenvalue weighted by molar-refractivity contribution is -0.150. The van der Waals surface area contributed by atoms with E-state index in [2.05, 4.69) is 23.8 Å². The summed E-state index contributed by atoms with van der Waals surface area (Å²) in [6.07, 6.45) is 12.7. The molecule has 0 aromatic heterocycles. The van der Waals surface area contributed by atoms with Crippen LogP contribution in [0.2, 0.25) is 0 Å². The highest BCUT2D eigenvalue weighted by Gasteiger charge is 2.28. The summed E-state index contributed by atoms with van der Waals surface area (Å²) in [7, 11) is 0. The Morgan fingerprint density at radius 3 is 2.09 bits per heavy atom. The van der Waals surface area contributed by atoms with Gasteiger partial charge in [0, 0.05) is 6.42 Å². The van der Waals surface area contributed by atoms with Gasteiger partial charge in [0.2, 0.25) is 11.8 Å². The van der Waals surface area contributed by atoms with Gasteiger partial charge in [-0.2, -0.15) is 0 Å². The van der Waals surface area contributed by atoms with Gasteiger partial charge in [-0.3, -0.25) is 14.4 Å². The molecule has 0 heterocycles. The number of ether oxygens (including phenoxy) is 1. The van der Waals surface area contributed by atoms with Crippen molar-refractivity contribution in [2.45, 2.75) is 89.1 Å². The quantitative estimate of drug-likeness (QED) is 0.123. The Balaban J connectivity index is 1.63. The molecule has 244 valence electrons. The van der Waals surface area contributed by atoms with E-state index in [-0.39, 0.29) is 49.4 Å². The largest absolute Gasteiger partial charge is 0.463 e. The predicted octanol–water partition coefficient (Wildman–Crippen LogP) is 6.11. The molecule has 0 aliphatic heterocycles. The molecule has 2 aromatic rings. The zero-order valence-corrected chi connectivity index (χ0v) is 26.7. The van der Waals surface area contributed by atoms with Gasteiger partial charge in [-0.1, -0.05) is 105 Å². The van der Waals surface area contributed by atoms with E-state index in [1.54, 1.807) is 6.08 Å². The van der Waals surface area contributed by atoms with Crippen molar-refractivity contribution in [2.75, 3.05) is 13.2 Å². The molecule has 4 atom stereocenters. The van der Waals surface area contributed by atoms with Crippen LogP contribution in [0.1, 0.15) is 75.3 Å². The number of amides is 2. The summed E-state index contributed by atoms with van der Waals surface area (Å²) >= 11 is 0. The minimum Gasteiger partial charge on any atom is -0.463 e. The molecule has 1 fully saturated rings. The van der Waals surface area contributed by atoms with Crippen LogP contribution in [0.25, 0.3) is 0 Å². The molecular weight excluding hydrogens is 564 g/mol. The molecule has 2 aromatic carbocycles. The summed E-state index contributed by atoms with van der Waals surface area (Å²) in [5, 5.41) is 15.9. The Morgan fingerprint density at radius 2 is 1.49 bits per heavy atom. The summed E-state index contributed by atoms with van der Waals surface area (Å²) < 4.78 is 5.91. The van der Waals surface area contributed by atoms with Crippen molar-refractivity contribution < 1.29 is 24.2 Å². The first kappa shape index (κ1) is 35.8. The van der Waals surface area contributed by atoms with E-state index in [4.69, 9.17) is 4.74 Å². The molecule has 4 unspecified atom stereocenters. The Hall–Kier alpha value is -3.71. The van der Waals surface area contributed by atoms with Crippen LogP contribution >= 0.6 is 0 Å². The van der Waals surface area contributed by atoms with Crippen molar-refractivity contribution in [3.05, 3.63) is 97.1 Å². The molecule has 0 saturated heterocycles. The van der Waals surface area contributed by atoms with E-state index in [9.17, 15) is 19.5 Å². The molecule has 7 heteroatoms. The van der Waals surface area contributed by atoms with Gasteiger partial charge in [0.15, 0.2) is 0 Å². The second-order valence-corrected chi connectivity index (χ2v) is 12.4. The molecule has 7 nitrogen and oxygen atoms in total. The maximum atomic E-state index is 13.6. The van der Waals surface area contributed by atoms with Crippen LogP contribution in [-0.2, 0) is 32.0 Å². The van der Waals surface area contributed by atoms with Gasteiger partial charge in [0.1, 0.15) is 6.61 Å². The number of carbonyl (C=O) groups excluding carboxylic acids is 3. The second kappa shape index (κ2) is 20.3. The molecule has 45 heavy (non-hydrogen) atoms. The molecular formula is C38H52N2O5. The highest BCUT2D eigenvalue weighted by molar-refractivity contribution is 5.86. The minimum absolute atomic E-state index is 0.0280. The van der Waals surface area contributed by atoms with Gasteiger partial charge in [0.05, 0.1) is 30.5 Å². The summed E-state index contributed by atoms with van der Waals surface area (Å²) in [6, 6.07) is 18.8. The molecule has 0 radical (unpaired) electrons. The third-order valence-corrected chi connectivity index (χ3v) is 8.66. The monoisotopic (exact) mass is 616 g/mol. The zero-order valence-electron chi connectivity index (χ0n) is 26.7. The SMILES string of the molecule is C=CCCC(Cc1ccccc1)C(=O)OCC(CC1CCCCC1)NC(=O)C(CC=C)CC(=O)NC(CO)Cc1ccccc1. The highest BCUT2D eigenvalue weighted by atomic mass is 16.5. The number of aliphatic hydroxyl groups excluding tert-OH is 1. The number of allylic oxidation sites excluding steroid dienone is 2. The lowest BCUT2D eigenvalue weighted by Gasteiger charge is -2.29. The standard InChI is InChI=1S/C38H52N2O5/c1-3-5-22-33(23-29-16-9-6-10-17-29)38(44)45-28-35(25-31-20-13-8-14-21-31)40-37(43)32(15-4-2)26-36(42)39-34(27-41)24-30-18-11-7-12-19-30/h3-4,6-7,9-12,16-19,31-35,41H,1-2,5,8,13-15,20-28H2,(H,39,42)(H,40,43). The van der Waals surface area contributed by atoms with Crippen LogP contribution in [0.5, 0.6) is 0 Å². The van der Waals surface area contributed by atoms with Gasteiger partial charge in [0.25, 0.3) is 0 Å². The van der Waals surface area contributed by atoms with Crippen LogP contribution in [0.4, 0.5) is 0 Å². The van der Waals surface area contributed by atoms with E-state index in [0.717, 1.165) is 30.4 Å². The number of esters is 1. The van der Waals surface area contributed by atoms with Crippen molar-refractivity contribution in [3.8, 4) is 0 Å². The second-order valence-electron chi connectivity index (χ2n) is 12.4. The summed E-state index contributed by atoms with van der Waals surface area (Å²) in [5.74, 6) is -1.29. The van der Waals surface area contributed by atoms with Crippen molar-refractivity contribution >= 4 is 17.8 Å². The van der Waals surface area contributed by atoms with E-state index < -0.39 is 12.0 Å². The maximum absolute atomic E-state index is 13.6. The Kier molecular flexibility index (Phi) is 16.2. The van der Waals surface area contributed by atoms with E-state index in [1.807, 2.05) is 66.7 Å². The predicted molar refractivity (Wildman–Crippen MR) is 179 cm³/mol. The van der Waals surface area contributed by atoms with Crippen molar-refractivity contribution in [1.82, 2.24) is 10.6 Å².